The summed E-state index contributed by atoms with van der Waals surface area (Å²) in [6.45, 7) is 4.71. The van der Waals surface area contributed by atoms with E-state index in [1.54, 1.807) is 7.11 Å². The lowest BCUT2D eigenvalue weighted by molar-refractivity contribution is 0.305. The van der Waals surface area contributed by atoms with Gasteiger partial charge in [-0.2, -0.15) is 11.8 Å². The van der Waals surface area contributed by atoms with E-state index in [-0.39, 0.29) is 0 Å². The molecule has 0 amide bonds. The Labute approximate surface area is 108 Å². The molecule has 1 unspecified atom stereocenters. The number of thioether (sulfide) groups is 1. The molecule has 94 valence electrons. The molecule has 1 fully saturated rings. The molecule has 0 radical (unpaired) electrons. The molecule has 0 spiro atoms. The summed E-state index contributed by atoms with van der Waals surface area (Å²) in [4.78, 5) is 0. The number of benzene rings is 1. The van der Waals surface area contributed by atoms with Crippen molar-refractivity contribution in [3.8, 4) is 5.75 Å². The number of nitrogens with one attached hydrogen (secondary N) is 1. The number of methoxy groups -OCH3 is 1. The zero-order chi connectivity index (χ0) is 12.3. The number of hydrogen-bond donors (Lipinski definition) is 1. The Hall–Kier alpha value is -0.830. The summed E-state index contributed by atoms with van der Waals surface area (Å²) in [5.41, 5.74) is 1.57. The molecular weight excluding hydrogens is 230 g/mol. The van der Waals surface area contributed by atoms with E-state index in [9.17, 15) is 0 Å². The fourth-order valence-electron chi connectivity index (χ4n) is 2.06. The third-order valence-electron chi connectivity index (χ3n) is 3.55. The van der Waals surface area contributed by atoms with Crippen molar-refractivity contribution >= 4 is 17.4 Å². The molecule has 1 saturated heterocycles. The molecular formula is C14H21NOS. The summed E-state index contributed by atoms with van der Waals surface area (Å²) in [6, 6.07) is 8.74. The third kappa shape index (κ3) is 3.09. The van der Waals surface area contributed by atoms with Crippen LogP contribution in [-0.2, 0) is 0 Å². The van der Waals surface area contributed by atoms with Crippen LogP contribution in [0.15, 0.2) is 24.3 Å². The van der Waals surface area contributed by atoms with Crippen LogP contribution in [0.5, 0.6) is 5.75 Å². The average molecular weight is 251 g/mol. The minimum absolute atomic E-state index is 0.380. The molecule has 1 aliphatic rings. The van der Waals surface area contributed by atoms with Gasteiger partial charge in [-0.25, -0.2) is 0 Å². The predicted molar refractivity (Wildman–Crippen MR) is 76.1 cm³/mol. The third-order valence-corrected chi connectivity index (χ3v) is 4.61. The van der Waals surface area contributed by atoms with Crippen LogP contribution in [0.4, 0.5) is 5.69 Å². The highest BCUT2D eigenvalue weighted by molar-refractivity contribution is 7.99. The summed E-state index contributed by atoms with van der Waals surface area (Å²) in [7, 11) is 1.70. The lowest BCUT2D eigenvalue weighted by Gasteiger charge is -2.39. The first-order chi connectivity index (χ1) is 8.12. The van der Waals surface area contributed by atoms with Crippen molar-refractivity contribution in [2.45, 2.75) is 26.3 Å². The van der Waals surface area contributed by atoms with Gasteiger partial charge in [-0.15, -0.1) is 0 Å². The lowest BCUT2D eigenvalue weighted by Crippen LogP contribution is -2.41. The second kappa shape index (κ2) is 5.21. The molecule has 0 bridgehead atoms. The average Bonchev–Trinajstić information content (AvgIpc) is 2.33. The zero-order valence-electron chi connectivity index (χ0n) is 10.8. The van der Waals surface area contributed by atoms with Gasteiger partial charge in [0.25, 0.3) is 0 Å². The van der Waals surface area contributed by atoms with Crippen LogP contribution in [0.2, 0.25) is 0 Å². The highest BCUT2D eigenvalue weighted by Crippen LogP contribution is 2.36. The molecule has 2 rings (SSSR count). The zero-order valence-corrected chi connectivity index (χ0v) is 11.6. The molecule has 1 aliphatic heterocycles. The smallest absolute Gasteiger partial charge is 0.119 e. The van der Waals surface area contributed by atoms with Gasteiger partial charge in [-0.1, -0.05) is 13.8 Å². The van der Waals surface area contributed by atoms with Crippen LogP contribution in [-0.4, -0.2) is 24.7 Å². The van der Waals surface area contributed by atoms with Crippen molar-refractivity contribution in [2.24, 2.45) is 5.41 Å². The van der Waals surface area contributed by atoms with Crippen LogP contribution in [0.3, 0.4) is 0 Å². The van der Waals surface area contributed by atoms with Crippen molar-refractivity contribution in [3.63, 3.8) is 0 Å². The van der Waals surface area contributed by atoms with Gasteiger partial charge >= 0.3 is 0 Å². The first kappa shape index (κ1) is 12.6. The van der Waals surface area contributed by atoms with E-state index in [0.717, 1.165) is 5.75 Å². The maximum atomic E-state index is 5.17. The molecule has 2 nitrogen and oxygen atoms in total. The Morgan fingerprint density at radius 1 is 1.29 bits per heavy atom. The molecule has 1 N–H and O–H groups in total. The largest absolute Gasteiger partial charge is 0.497 e. The van der Waals surface area contributed by atoms with E-state index in [1.165, 1.54) is 23.6 Å². The molecule has 1 atom stereocenters. The van der Waals surface area contributed by atoms with Crippen LogP contribution < -0.4 is 10.1 Å². The standard InChI is InChI=1S/C14H21NOS/c1-14(2)8-9-17-10-13(14)15-11-4-6-12(16-3)7-5-11/h4-7,13,15H,8-10H2,1-3H3. The summed E-state index contributed by atoms with van der Waals surface area (Å²) < 4.78 is 5.17. The van der Waals surface area contributed by atoms with Crippen molar-refractivity contribution in [1.82, 2.24) is 0 Å². The fraction of sp³-hybridized carbons (Fsp3) is 0.571. The lowest BCUT2D eigenvalue weighted by atomic mass is 9.82. The topological polar surface area (TPSA) is 21.3 Å². The van der Waals surface area contributed by atoms with Gasteiger partial charge in [-0.05, 0) is 41.9 Å². The number of ether oxygens (including phenoxy) is 1. The molecule has 1 aromatic carbocycles. The van der Waals surface area contributed by atoms with Crippen LogP contribution in [0, 0.1) is 5.41 Å². The van der Waals surface area contributed by atoms with Gasteiger partial charge in [-0.3, -0.25) is 0 Å². The second-order valence-corrected chi connectivity index (χ2v) is 6.39. The SMILES string of the molecule is COc1ccc(NC2CSCCC2(C)C)cc1. The van der Waals surface area contributed by atoms with Gasteiger partial charge in [0, 0.05) is 17.5 Å². The second-order valence-electron chi connectivity index (χ2n) is 5.24. The summed E-state index contributed by atoms with van der Waals surface area (Å²) in [5.74, 6) is 3.39. The minimum atomic E-state index is 0.380. The Kier molecular flexibility index (Phi) is 3.87. The van der Waals surface area contributed by atoms with Gasteiger partial charge < -0.3 is 10.1 Å². The van der Waals surface area contributed by atoms with E-state index in [2.05, 4.69) is 31.3 Å². The van der Waals surface area contributed by atoms with Crippen molar-refractivity contribution in [3.05, 3.63) is 24.3 Å². The van der Waals surface area contributed by atoms with E-state index in [4.69, 9.17) is 4.74 Å². The van der Waals surface area contributed by atoms with Crippen LogP contribution in [0.25, 0.3) is 0 Å². The first-order valence-corrected chi connectivity index (χ1v) is 7.25. The van der Waals surface area contributed by atoms with E-state index in [1.807, 2.05) is 23.9 Å². The number of rotatable bonds is 3. The van der Waals surface area contributed by atoms with Crippen molar-refractivity contribution in [1.29, 1.82) is 0 Å². The highest BCUT2D eigenvalue weighted by Gasteiger charge is 2.32. The first-order valence-electron chi connectivity index (χ1n) is 6.10. The van der Waals surface area contributed by atoms with Gasteiger partial charge in [0.15, 0.2) is 0 Å². The summed E-state index contributed by atoms with van der Waals surface area (Å²) >= 11 is 2.05. The predicted octanol–water partition coefficient (Wildman–Crippen LogP) is 3.64. The van der Waals surface area contributed by atoms with E-state index in [0.29, 0.717) is 11.5 Å². The molecule has 3 heteroatoms. The highest BCUT2D eigenvalue weighted by atomic mass is 32.2. The summed E-state index contributed by atoms with van der Waals surface area (Å²) in [5, 5.41) is 3.65. The van der Waals surface area contributed by atoms with Crippen LogP contribution >= 0.6 is 11.8 Å². The molecule has 17 heavy (non-hydrogen) atoms. The van der Waals surface area contributed by atoms with Gasteiger partial charge in [0.2, 0.25) is 0 Å². The maximum Gasteiger partial charge on any atom is 0.119 e. The van der Waals surface area contributed by atoms with E-state index < -0.39 is 0 Å². The van der Waals surface area contributed by atoms with E-state index >= 15 is 0 Å². The normalized spacial score (nSPS) is 23.1. The molecule has 0 aromatic heterocycles. The van der Waals surface area contributed by atoms with Gasteiger partial charge in [0.1, 0.15) is 5.75 Å². The maximum absolute atomic E-state index is 5.17. The number of hydrogen-bond acceptors (Lipinski definition) is 3. The molecule has 1 heterocycles. The quantitative estimate of drug-likeness (QED) is 0.886. The van der Waals surface area contributed by atoms with Gasteiger partial charge in [0.05, 0.1) is 7.11 Å². The Balaban J connectivity index is 2.03. The monoisotopic (exact) mass is 251 g/mol. The summed E-state index contributed by atoms with van der Waals surface area (Å²) in [6.07, 6.45) is 1.28. The molecule has 0 aliphatic carbocycles. The fourth-order valence-corrected chi connectivity index (χ4v) is 3.67. The van der Waals surface area contributed by atoms with Crippen molar-refractivity contribution in [2.75, 3.05) is 23.9 Å². The Morgan fingerprint density at radius 3 is 2.59 bits per heavy atom. The minimum Gasteiger partial charge on any atom is -0.497 e. The van der Waals surface area contributed by atoms with Crippen molar-refractivity contribution < 1.29 is 4.74 Å². The molecule has 1 aromatic rings. The Bertz CT molecular complexity index is 361. The molecule has 0 saturated carbocycles. The van der Waals surface area contributed by atoms with Crippen LogP contribution in [0.1, 0.15) is 20.3 Å². The Morgan fingerprint density at radius 2 is 2.00 bits per heavy atom. The number of anilines is 1.